The quantitative estimate of drug-likeness (QED) is 0.600. The van der Waals surface area contributed by atoms with Crippen molar-refractivity contribution in [2.45, 2.75) is 31.3 Å². The number of rotatable bonds is 2. The Hall–Kier alpha value is -0.870. The molecule has 4 heteroatoms. The van der Waals surface area contributed by atoms with Crippen molar-refractivity contribution in [1.29, 1.82) is 0 Å². The number of thiophene rings is 1. The van der Waals surface area contributed by atoms with Crippen LogP contribution in [0.1, 0.15) is 25.6 Å². The molecule has 0 bridgehead atoms. The molecule has 0 saturated carbocycles. The Morgan fingerprint density at radius 1 is 1.18 bits per heavy atom. The van der Waals surface area contributed by atoms with Crippen LogP contribution in [0.15, 0.2) is 29.6 Å². The van der Waals surface area contributed by atoms with Gasteiger partial charge < -0.3 is 0 Å². The van der Waals surface area contributed by atoms with E-state index in [1.807, 2.05) is 29.9 Å². The van der Waals surface area contributed by atoms with Crippen molar-refractivity contribution in [2.75, 3.05) is 6.26 Å². The monoisotopic (exact) mass is 264 g/mol. The topological polar surface area (TPSA) is 25.8 Å². The second-order valence-electron chi connectivity index (χ2n) is 4.84. The Morgan fingerprint density at radius 3 is 2.53 bits per heavy atom. The molecule has 0 fully saturated rings. The summed E-state index contributed by atoms with van der Waals surface area (Å²) in [5, 5.41) is 0.827. The summed E-state index contributed by atoms with van der Waals surface area (Å²) in [6.07, 6.45) is 3.82. The van der Waals surface area contributed by atoms with E-state index in [4.69, 9.17) is 0 Å². The minimum Gasteiger partial charge on any atom is -0.231 e. The molecule has 0 saturated heterocycles. The molecule has 0 aliphatic heterocycles. The molecule has 2 heterocycles. The van der Waals surface area contributed by atoms with Gasteiger partial charge in [-0.1, -0.05) is 32.5 Å². The SMILES string of the molecule is CSc1nccc(-c2ccc(C(C)(C)C)s2)n1. The predicted molar refractivity (Wildman–Crippen MR) is 75.8 cm³/mol. The number of nitrogens with zero attached hydrogens (tertiary/aromatic N) is 2. The fourth-order valence-electron chi connectivity index (χ4n) is 1.46. The molecule has 0 unspecified atom stereocenters. The molecule has 0 aliphatic rings. The summed E-state index contributed by atoms with van der Waals surface area (Å²) < 4.78 is 0. The Labute approximate surface area is 111 Å². The second-order valence-corrected chi connectivity index (χ2v) is 6.70. The zero-order valence-corrected chi connectivity index (χ0v) is 12.2. The van der Waals surface area contributed by atoms with Crippen LogP contribution in [0.2, 0.25) is 0 Å². The van der Waals surface area contributed by atoms with E-state index in [-0.39, 0.29) is 5.41 Å². The molecule has 0 amide bonds. The van der Waals surface area contributed by atoms with Gasteiger partial charge in [-0.25, -0.2) is 9.97 Å². The summed E-state index contributed by atoms with van der Waals surface area (Å²) in [7, 11) is 0. The molecule has 2 rings (SSSR count). The first-order chi connectivity index (χ1) is 8.00. The summed E-state index contributed by atoms with van der Waals surface area (Å²) in [4.78, 5) is 11.3. The Balaban J connectivity index is 2.37. The first-order valence-corrected chi connectivity index (χ1v) is 7.52. The molecule has 0 atom stereocenters. The maximum Gasteiger partial charge on any atom is 0.187 e. The molecule has 0 N–H and O–H groups in total. The molecule has 2 aromatic heterocycles. The lowest BCUT2D eigenvalue weighted by Crippen LogP contribution is -2.07. The van der Waals surface area contributed by atoms with Crippen molar-refractivity contribution < 1.29 is 0 Å². The largest absolute Gasteiger partial charge is 0.231 e. The Morgan fingerprint density at radius 2 is 1.94 bits per heavy atom. The smallest absolute Gasteiger partial charge is 0.187 e. The lowest BCUT2D eigenvalue weighted by atomic mass is 9.95. The van der Waals surface area contributed by atoms with Gasteiger partial charge in [0.1, 0.15) is 0 Å². The van der Waals surface area contributed by atoms with Crippen molar-refractivity contribution in [3.63, 3.8) is 0 Å². The van der Waals surface area contributed by atoms with Gasteiger partial charge in [0.15, 0.2) is 5.16 Å². The van der Waals surface area contributed by atoms with Gasteiger partial charge in [0, 0.05) is 11.1 Å². The molecule has 17 heavy (non-hydrogen) atoms. The van der Waals surface area contributed by atoms with Gasteiger partial charge in [-0.2, -0.15) is 0 Å². The van der Waals surface area contributed by atoms with E-state index < -0.39 is 0 Å². The van der Waals surface area contributed by atoms with E-state index in [1.54, 1.807) is 11.8 Å². The number of aromatic nitrogens is 2. The fourth-order valence-corrected chi connectivity index (χ4v) is 2.84. The average Bonchev–Trinajstić information content (AvgIpc) is 2.78. The minimum absolute atomic E-state index is 0.207. The van der Waals surface area contributed by atoms with Crippen LogP contribution in [-0.2, 0) is 5.41 Å². The summed E-state index contributed by atoms with van der Waals surface area (Å²) in [5.41, 5.74) is 1.23. The third-order valence-corrected chi connectivity index (χ3v) is 4.51. The summed E-state index contributed by atoms with van der Waals surface area (Å²) in [6.45, 7) is 6.70. The zero-order valence-electron chi connectivity index (χ0n) is 10.5. The molecular weight excluding hydrogens is 248 g/mol. The molecule has 0 aromatic carbocycles. The summed E-state index contributed by atoms with van der Waals surface area (Å²) >= 11 is 3.38. The van der Waals surface area contributed by atoms with Crippen LogP contribution in [0.4, 0.5) is 0 Å². The molecule has 90 valence electrons. The van der Waals surface area contributed by atoms with Gasteiger partial charge in [0.25, 0.3) is 0 Å². The van der Waals surface area contributed by atoms with Gasteiger partial charge in [0.05, 0.1) is 10.6 Å². The number of hydrogen-bond donors (Lipinski definition) is 0. The maximum absolute atomic E-state index is 4.52. The van der Waals surface area contributed by atoms with E-state index in [0.29, 0.717) is 0 Å². The van der Waals surface area contributed by atoms with Gasteiger partial charge in [0.2, 0.25) is 0 Å². The second kappa shape index (κ2) is 4.78. The Bertz CT molecular complexity index is 512. The van der Waals surface area contributed by atoms with E-state index in [0.717, 1.165) is 10.9 Å². The third-order valence-electron chi connectivity index (χ3n) is 2.41. The zero-order chi connectivity index (χ0) is 12.5. The van der Waals surface area contributed by atoms with Gasteiger partial charge in [-0.15, -0.1) is 11.3 Å². The van der Waals surface area contributed by atoms with Crippen LogP contribution in [-0.4, -0.2) is 16.2 Å². The first kappa shape index (κ1) is 12.6. The minimum atomic E-state index is 0.207. The van der Waals surface area contributed by atoms with Crippen molar-refractivity contribution in [3.05, 3.63) is 29.3 Å². The molecule has 2 nitrogen and oxygen atoms in total. The Kier molecular flexibility index (Phi) is 3.54. The predicted octanol–water partition coefficient (Wildman–Crippen LogP) is 4.22. The lowest BCUT2D eigenvalue weighted by molar-refractivity contribution is 0.604. The van der Waals surface area contributed by atoms with E-state index in [9.17, 15) is 0 Å². The third kappa shape index (κ3) is 2.87. The van der Waals surface area contributed by atoms with Crippen LogP contribution in [0.3, 0.4) is 0 Å². The summed E-state index contributed by atoms with van der Waals surface area (Å²) in [5.74, 6) is 0. The van der Waals surface area contributed by atoms with Crippen LogP contribution in [0.5, 0.6) is 0 Å². The van der Waals surface area contributed by atoms with Crippen LogP contribution in [0, 0.1) is 0 Å². The lowest BCUT2D eigenvalue weighted by Gasteiger charge is -2.15. The van der Waals surface area contributed by atoms with Crippen molar-refractivity contribution in [3.8, 4) is 10.6 Å². The molecule has 0 spiro atoms. The van der Waals surface area contributed by atoms with Gasteiger partial charge in [-0.05, 0) is 29.9 Å². The van der Waals surface area contributed by atoms with Gasteiger partial charge in [-0.3, -0.25) is 0 Å². The van der Waals surface area contributed by atoms with Crippen LogP contribution in [0.25, 0.3) is 10.6 Å². The number of hydrogen-bond acceptors (Lipinski definition) is 4. The highest BCUT2D eigenvalue weighted by Crippen LogP contribution is 2.34. The molecule has 0 radical (unpaired) electrons. The standard InChI is InChI=1S/C13H16N2S2/c1-13(2,3)11-6-5-10(17-11)9-7-8-14-12(15-9)16-4/h5-8H,1-4H3. The van der Waals surface area contributed by atoms with E-state index in [2.05, 4.69) is 42.9 Å². The van der Waals surface area contributed by atoms with Crippen LogP contribution >= 0.6 is 23.1 Å². The highest BCUT2D eigenvalue weighted by atomic mass is 32.2. The normalized spacial score (nSPS) is 11.8. The van der Waals surface area contributed by atoms with E-state index in [1.165, 1.54) is 9.75 Å². The highest BCUT2D eigenvalue weighted by Gasteiger charge is 2.16. The van der Waals surface area contributed by atoms with Crippen molar-refractivity contribution in [2.24, 2.45) is 0 Å². The average molecular weight is 264 g/mol. The first-order valence-electron chi connectivity index (χ1n) is 5.48. The van der Waals surface area contributed by atoms with Crippen molar-refractivity contribution >= 4 is 23.1 Å². The van der Waals surface area contributed by atoms with Crippen molar-refractivity contribution in [1.82, 2.24) is 9.97 Å². The van der Waals surface area contributed by atoms with Gasteiger partial charge >= 0.3 is 0 Å². The van der Waals surface area contributed by atoms with E-state index >= 15 is 0 Å². The molecule has 0 aliphatic carbocycles. The molecular formula is C13H16N2S2. The fraction of sp³-hybridized carbons (Fsp3) is 0.385. The number of thioether (sulfide) groups is 1. The maximum atomic E-state index is 4.52. The molecule has 2 aromatic rings. The summed E-state index contributed by atoms with van der Waals surface area (Å²) in [6, 6.07) is 6.32. The highest BCUT2D eigenvalue weighted by molar-refractivity contribution is 7.98. The van der Waals surface area contributed by atoms with Crippen LogP contribution < -0.4 is 0 Å².